The number of aromatic amines is 1. The highest BCUT2D eigenvalue weighted by Gasteiger charge is 2.11. The minimum absolute atomic E-state index is 0.0805. The molecule has 2 aromatic carbocycles. The third-order valence-electron chi connectivity index (χ3n) is 3.30. The zero-order valence-corrected chi connectivity index (χ0v) is 12.2. The number of ether oxygens (including phenoxy) is 1. The third kappa shape index (κ3) is 3.40. The molecule has 0 fully saturated rings. The van der Waals surface area contributed by atoms with E-state index in [1.54, 1.807) is 36.4 Å². The fourth-order valence-electron chi connectivity index (χ4n) is 2.24. The molecule has 5 nitrogen and oxygen atoms in total. The number of H-pyrrole nitrogens is 1. The van der Waals surface area contributed by atoms with E-state index in [-0.39, 0.29) is 11.3 Å². The van der Waals surface area contributed by atoms with Crippen molar-refractivity contribution in [3.8, 4) is 5.75 Å². The quantitative estimate of drug-likeness (QED) is 0.740. The molecular formula is C17H12F2N2O3. The van der Waals surface area contributed by atoms with Crippen LogP contribution in [-0.2, 0) is 0 Å². The van der Waals surface area contributed by atoms with Gasteiger partial charge in [0.2, 0.25) is 0 Å². The van der Waals surface area contributed by atoms with E-state index in [9.17, 15) is 13.6 Å². The summed E-state index contributed by atoms with van der Waals surface area (Å²) in [5, 5.41) is 9.15. The Labute approximate surface area is 135 Å². The van der Waals surface area contributed by atoms with Gasteiger partial charge in [0.25, 0.3) is 0 Å². The van der Waals surface area contributed by atoms with Crippen LogP contribution in [0.4, 0.5) is 8.78 Å². The molecular weight excluding hydrogens is 318 g/mol. The van der Waals surface area contributed by atoms with Gasteiger partial charge in [-0.2, -0.15) is 8.78 Å². The predicted molar refractivity (Wildman–Crippen MR) is 85.1 cm³/mol. The fourth-order valence-corrected chi connectivity index (χ4v) is 2.24. The van der Waals surface area contributed by atoms with Crippen molar-refractivity contribution >= 4 is 29.2 Å². The van der Waals surface area contributed by atoms with Crippen molar-refractivity contribution in [1.29, 1.82) is 0 Å². The normalized spacial score (nSPS) is 11.5. The van der Waals surface area contributed by atoms with Crippen LogP contribution in [0.2, 0.25) is 0 Å². The molecule has 2 N–H and O–H groups in total. The molecule has 24 heavy (non-hydrogen) atoms. The zero-order valence-electron chi connectivity index (χ0n) is 12.2. The van der Waals surface area contributed by atoms with Crippen LogP contribution in [-0.4, -0.2) is 27.7 Å². The fraction of sp³-hybridized carbons (Fsp3) is 0.0588. The van der Waals surface area contributed by atoms with Crippen LogP contribution in [0.5, 0.6) is 5.75 Å². The van der Waals surface area contributed by atoms with E-state index in [2.05, 4.69) is 14.7 Å². The van der Waals surface area contributed by atoms with Gasteiger partial charge in [-0.15, -0.1) is 0 Å². The van der Waals surface area contributed by atoms with Gasteiger partial charge in [-0.3, -0.25) is 0 Å². The summed E-state index contributed by atoms with van der Waals surface area (Å²) in [5.74, 6) is -0.471. The van der Waals surface area contributed by atoms with E-state index in [0.29, 0.717) is 16.9 Å². The number of carboxylic acid groups (broad SMARTS) is 1. The summed E-state index contributed by atoms with van der Waals surface area (Å²) in [6.45, 7) is -2.86. The Hall–Kier alpha value is -3.22. The number of para-hydroxylation sites is 1. The van der Waals surface area contributed by atoms with Gasteiger partial charge >= 0.3 is 12.6 Å². The van der Waals surface area contributed by atoms with Gasteiger partial charge in [0, 0.05) is 0 Å². The smallest absolute Gasteiger partial charge is 0.387 e. The number of benzene rings is 2. The van der Waals surface area contributed by atoms with Crippen LogP contribution < -0.4 is 4.74 Å². The molecule has 0 spiro atoms. The molecule has 3 aromatic rings. The van der Waals surface area contributed by atoms with E-state index in [0.717, 1.165) is 5.56 Å². The largest absolute Gasteiger partial charge is 0.478 e. The first-order valence-corrected chi connectivity index (χ1v) is 6.98. The van der Waals surface area contributed by atoms with Gasteiger partial charge in [0.05, 0.1) is 11.1 Å². The van der Waals surface area contributed by atoms with Gasteiger partial charge in [-0.05, 0) is 35.9 Å². The number of carboxylic acids is 1. The Morgan fingerprint density at radius 1 is 1.17 bits per heavy atom. The van der Waals surface area contributed by atoms with Gasteiger partial charge in [0.1, 0.15) is 17.1 Å². The van der Waals surface area contributed by atoms with Crippen molar-refractivity contribution < 1.29 is 23.4 Å². The molecule has 0 saturated carbocycles. The first kappa shape index (κ1) is 15.7. The summed E-state index contributed by atoms with van der Waals surface area (Å²) < 4.78 is 28.5. The van der Waals surface area contributed by atoms with E-state index >= 15 is 0 Å². The minimum Gasteiger partial charge on any atom is -0.478 e. The number of carbonyl (C=O) groups is 1. The average molecular weight is 330 g/mol. The predicted octanol–water partition coefficient (Wildman–Crippen LogP) is 4.03. The summed E-state index contributed by atoms with van der Waals surface area (Å²) in [7, 11) is 0. The van der Waals surface area contributed by atoms with E-state index in [1.807, 2.05) is 0 Å². The maximum atomic E-state index is 12.1. The molecule has 0 unspecified atom stereocenters. The molecule has 7 heteroatoms. The van der Waals surface area contributed by atoms with Crippen LogP contribution in [0.3, 0.4) is 0 Å². The molecule has 122 valence electrons. The Bertz CT molecular complexity index is 902. The minimum atomic E-state index is -2.86. The Morgan fingerprint density at radius 2 is 1.92 bits per heavy atom. The average Bonchev–Trinajstić information content (AvgIpc) is 2.96. The second-order valence-corrected chi connectivity index (χ2v) is 4.91. The number of nitrogens with zero attached hydrogens (tertiary/aromatic N) is 1. The summed E-state index contributed by atoms with van der Waals surface area (Å²) in [5.41, 5.74) is 1.88. The summed E-state index contributed by atoms with van der Waals surface area (Å²) in [6.07, 6.45) is 3.40. The SMILES string of the molecule is O=C(O)c1cccc2[nH]c(/C=C/c3ccc(OC(F)F)cc3)nc12. The van der Waals surface area contributed by atoms with Crippen molar-refractivity contribution in [2.45, 2.75) is 6.61 Å². The second-order valence-electron chi connectivity index (χ2n) is 4.91. The van der Waals surface area contributed by atoms with Crippen molar-refractivity contribution in [2.75, 3.05) is 0 Å². The van der Waals surface area contributed by atoms with E-state index in [1.165, 1.54) is 18.2 Å². The van der Waals surface area contributed by atoms with Gasteiger partial charge in [0.15, 0.2) is 0 Å². The monoisotopic (exact) mass is 330 g/mol. The molecule has 0 saturated heterocycles. The molecule has 0 bridgehead atoms. The van der Waals surface area contributed by atoms with Crippen molar-refractivity contribution in [3.63, 3.8) is 0 Å². The van der Waals surface area contributed by atoms with Gasteiger partial charge in [-0.25, -0.2) is 9.78 Å². The van der Waals surface area contributed by atoms with Crippen LogP contribution in [0.15, 0.2) is 42.5 Å². The van der Waals surface area contributed by atoms with Gasteiger partial charge < -0.3 is 14.8 Å². The number of alkyl halides is 2. The number of halogens is 2. The lowest BCUT2D eigenvalue weighted by atomic mass is 10.2. The number of hydrogen-bond acceptors (Lipinski definition) is 3. The van der Waals surface area contributed by atoms with Crippen molar-refractivity contribution in [3.05, 3.63) is 59.4 Å². The molecule has 0 aliphatic heterocycles. The highest BCUT2D eigenvalue weighted by Crippen LogP contribution is 2.19. The lowest BCUT2D eigenvalue weighted by Gasteiger charge is -2.03. The maximum absolute atomic E-state index is 12.1. The molecule has 0 aliphatic rings. The summed E-state index contributed by atoms with van der Waals surface area (Å²) >= 11 is 0. The molecule has 1 heterocycles. The first-order chi connectivity index (χ1) is 11.5. The number of hydrogen-bond donors (Lipinski definition) is 2. The first-order valence-electron chi connectivity index (χ1n) is 6.98. The van der Waals surface area contributed by atoms with E-state index < -0.39 is 12.6 Å². The Morgan fingerprint density at radius 3 is 2.58 bits per heavy atom. The molecule has 0 atom stereocenters. The summed E-state index contributed by atoms with van der Waals surface area (Å²) in [4.78, 5) is 18.4. The Balaban J connectivity index is 1.83. The van der Waals surface area contributed by atoms with Crippen LogP contribution in [0.1, 0.15) is 21.7 Å². The highest BCUT2D eigenvalue weighted by atomic mass is 19.3. The lowest BCUT2D eigenvalue weighted by Crippen LogP contribution is -2.01. The van der Waals surface area contributed by atoms with Gasteiger partial charge in [-0.1, -0.05) is 24.3 Å². The second kappa shape index (κ2) is 6.49. The van der Waals surface area contributed by atoms with E-state index in [4.69, 9.17) is 5.11 Å². The highest BCUT2D eigenvalue weighted by molar-refractivity contribution is 6.01. The number of imidazole rings is 1. The zero-order chi connectivity index (χ0) is 17.1. The van der Waals surface area contributed by atoms with Crippen LogP contribution in [0.25, 0.3) is 23.2 Å². The lowest BCUT2D eigenvalue weighted by molar-refractivity contribution is -0.0498. The number of aromatic carboxylic acids is 1. The maximum Gasteiger partial charge on any atom is 0.387 e. The number of aromatic nitrogens is 2. The molecule has 0 amide bonds. The topological polar surface area (TPSA) is 75.2 Å². The van der Waals surface area contributed by atoms with Crippen molar-refractivity contribution in [1.82, 2.24) is 9.97 Å². The molecule has 1 aromatic heterocycles. The molecule has 0 aliphatic carbocycles. The van der Waals surface area contributed by atoms with Crippen molar-refractivity contribution in [2.24, 2.45) is 0 Å². The van der Waals surface area contributed by atoms with Crippen LogP contribution >= 0.6 is 0 Å². The number of nitrogens with one attached hydrogen (secondary N) is 1. The molecule has 0 radical (unpaired) electrons. The number of rotatable bonds is 5. The number of fused-ring (bicyclic) bond motifs is 1. The molecule has 3 rings (SSSR count). The summed E-state index contributed by atoms with van der Waals surface area (Å²) in [6, 6.07) is 11.0. The van der Waals surface area contributed by atoms with Crippen LogP contribution in [0, 0.1) is 0 Å². The third-order valence-corrected chi connectivity index (χ3v) is 3.30. The Kier molecular flexibility index (Phi) is 4.24. The standard InChI is InChI=1S/C17H12F2N2O3/c18-17(19)24-11-7-4-10(5-8-11)6-9-14-20-13-3-1-2-12(16(22)23)15(13)21-14/h1-9,17H,(H,20,21)(H,22,23)/b9-6+.